The van der Waals surface area contributed by atoms with Crippen molar-refractivity contribution in [2.75, 3.05) is 44.9 Å². The second-order valence-corrected chi connectivity index (χ2v) is 5.11. The molecule has 1 saturated heterocycles. The molecule has 106 valence electrons. The first kappa shape index (κ1) is 14.5. The van der Waals surface area contributed by atoms with Crippen LogP contribution in [0.4, 0.5) is 5.95 Å². The molecule has 1 fully saturated rings. The number of aromatic nitrogens is 2. The van der Waals surface area contributed by atoms with Crippen molar-refractivity contribution < 1.29 is 9.47 Å². The van der Waals surface area contributed by atoms with E-state index in [0.29, 0.717) is 25.0 Å². The number of nitrogens with zero attached hydrogens (tertiary/aromatic N) is 3. The Morgan fingerprint density at radius 3 is 3.21 bits per heavy atom. The fraction of sp³-hybridized carbons (Fsp3) is 0.667. The van der Waals surface area contributed by atoms with Crippen molar-refractivity contribution in [3.05, 3.63) is 10.7 Å². The third kappa shape index (κ3) is 3.55. The molecule has 1 aromatic heterocycles. The minimum Gasteiger partial charge on any atom is -0.480 e. The van der Waals surface area contributed by atoms with Gasteiger partial charge in [0, 0.05) is 13.1 Å². The zero-order chi connectivity index (χ0) is 13.7. The van der Waals surface area contributed by atoms with Gasteiger partial charge in [-0.25, -0.2) is 4.98 Å². The quantitative estimate of drug-likeness (QED) is 0.871. The third-order valence-electron chi connectivity index (χ3n) is 3.01. The monoisotopic (exact) mass is 330 g/mol. The van der Waals surface area contributed by atoms with E-state index in [4.69, 9.17) is 9.47 Å². The van der Waals surface area contributed by atoms with E-state index in [1.807, 2.05) is 0 Å². The Hall–Kier alpha value is -0.920. The van der Waals surface area contributed by atoms with Crippen LogP contribution in [0.2, 0.25) is 0 Å². The van der Waals surface area contributed by atoms with Crippen molar-refractivity contribution in [1.29, 1.82) is 0 Å². The number of morpholine rings is 1. The third-order valence-corrected chi connectivity index (χ3v) is 3.55. The van der Waals surface area contributed by atoms with Crippen LogP contribution in [-0.2, 0) is 4.74 Å². The van der Waals surface area contributed by atoms with Crippen LogP contribution in [0.1, 0.15) is 6.92 Å². The maximum Gasteiger partial charge on any atom is 0.232 e. The summed E-state index contributed by atoms with van der Waals surface area (Å²) in [5.74, 6) is 1.24. The molecule has 0 spiro atoms. The van der Waals surface area contributed by atoms with Crippen LogP contribution in [-0.4, -0.2) is 56.0 Å². The molecular formula is C12H19BrN4O2. The van der Waals surface area contributed by atoms with Gasteiger partial charge in [0.05, 0.1) is 37.0 Å². The summed E-state index contributed by atoms with van der Waals surface area (Å²) in [6, 6.07) is 0.250. The number of nitrogens with one attached hydrogen (secondary N) is 1. The lowest BCUT2D eigenvalue weighted by Gasteiger charge is -2.35. The standard InChI is InChI=1S/C12H19BrN4O2/c1-3-14-6-9-8-19-5-4-17(9)12-15-7-10(13)11(16-12)18-2/h7,9,14H,3-6,8H2,1-2H3. The molecule has 1 unspecified atom stereocenters. The zero-order valence-corrected chi connectivity index (χ0v) is 12.8. The van der Waals surface area contributed by atoms with Gasteiger partial charge in [0.15, 0.2) is 0 Å². The summed E-state index contributed by atoms with van der Waals surface area (Å²) in [6.07, 6.45) is 1.72. The summed E-state index contributed by atoms with van der Waals surface area (Å²) in [5.41, 5.74) is 0. The number of anilines is 1. The van der Waals surface area contributed by atoms with E-state index in [-0.39, 0.29) is 6.04 Å². The number of hydrogen-bond donors (Lipinski definition) is 1. The molecule has 0 bridgehead atoms. The van der Waals surface area contributed by atoms with Gasteiger partial charge in [-0.1, -0.05) is 6.92 Å². The fourth-order valence-corrected chi connectivity index (χ4v) is 2.38. The van der Waals surface area contributed by atoms with Crippen LogP contribution in [0.15, 0.2) is 10.7 Å². The van der Waals surface area contributed by atoms with Crippen molar-refractivity contribution in [3.8, 4) is 5.88 Å². The maximum absolute atomic E-state index is 5.53. The number of ether oxygens (including phenoxy) is 2. The van der Waals surface area contributed by atoms with Crippen molar-refractivity contribution >= 4 is 21.9 Å². The van der Waals surface area contributed by atoms with Gasteiger partial charge in [0.2, 0.25) is 11.8 Å². The molecule has 1 aliphatic heterocycles. The van der Waals surface area contributed by atoms with Gasteiger partial charge in [-0.2, -0.15) is 4.98 Å². The molecule has 6 nitrogen and oxygen atoms in total. The number of methoxy groups -OCH3 is 1. The highest BCUT2D eigenvalue weighted by Gasteiger charge is 2.25. The van der Waals surface area contributed by atoms with Gasteiger partial charge >= 0.3 is 0 Å². The molecule has 1 atom stereocenters. The van der Waals surface area contributed by atoms with Crippen molar-refractivity contribution in [3.63, 3.8) is 0 Å². The summed E-state index contributed by atoms with van der Waals surface area (Å²) < 4.78 is 11.5. The highest BCUT2D eigenvalue weighted by atomic mass is 79.9. The Morgan fingerprint density at radius 2 is 2.47 bits per heavy atom. The minimum absolute atomic E-state index is 0.250. The predicted octanol–water partition coefficient (Wildman–Crippen LogP) is 1.06. The summed E-state index contributed by atoms with van der Waals surface area (Å²) in [4.78, 5) is 11.0. The van der Waals surface area contributed by atoms with Gasteiger partial charge in [-0.05, 0) is 22.5 Å². The normalized spacial score (nSPS) is 19.5. The largest absolute Gasteiger partial charge is 0.480 e. The Kier molecular flexibility index (Phi) is 5.35. The van der Waals surface area contributed by atoms with Gasteiger partial charge in [-0.15, -0.1) is 0 Å². The van der Waals surface area contributed by atoms with E-state index < -0.39 is 0 Å². The Balaban J connectivity index is 2.16. The van der Waals surface area contributed by atoms with Gasteiger partial charge in [0.25, 0.3) is 0 Å². The Morgan fingerprint density at radius 1 is 1.63 bits per heavy atom. The number of halogens is 1. The average Bonchev–Trinajstić information content (AvgIpc) is 2.46. The highest BCUT2D eigenvalue weighted by molar-refractivity contribution is 9.10. The Labute approximate surface area is 121 Å². The van der Waals surface area contributed by atoms with Gasteiger partial charge in [-0.3, -0.25) is 0 Å². The van der Waals surface area contributed by atoms with Gasteiger partial charge in [0.1, 0.15) is 0 Å². The lowest BCUT2D eigenvalue weighted by Crippen LogP contribution is -2.51. The summed E-state index contributed by atoms with van der Waals surface area (Å²) in [7, 11) is 1.60. The lowest BCUT2D eigenvalue weighted by atomic mass is 10.2. The molecular weight excluding hydrogens is 312 g/mol. The average molecular weight is 331 g/mol. The van der Waals surface area contributed by atoms with E-state index in [0.717, 1.165) is 24.1 Å². The molecule has 19 heavy (non-hydrogen) atoms. The number of likely N-dealkylation sites (N-methyl/N-ethyl adjacent to an activating group) is 1. The summed E-state index contributed by atoms with van der Waals surface area (Å²) in [6.45, 7) is 6.07. The van der Waals surface area contributed by atoms with E-state index in [2.05, 4.69) is 43.0 Å². The molecule has 1 N–H and O–H groups in total. The van der Waals surface area contributed by atoms with Crippen LogP contribution in [0.3, 0.4) is 0 Å². The van der Waals surface area contributed by atoms with Crippen molar-refractivity contribution in [2.24, 2.45) is 0 Å². The first-order chi connectivity index (χ1) is 9.26. The predicted molar refractivity (Wildman–Crippen MR) is 76.8 cm³/mol. The number of hydrogen-bond acceptors (Lipinski definition) is 6. The molecule has 0 aromatic carbocycles. The molecule has 0 saturated carbocycles. The van der Waals surface area contributed by atoms with Crippen molar-refractivity contribution in [2.45, 2.75) is 13.0 Å². The van der Waals surface area contributed by atoms with E-state index >= 15 is 0 Å². The van der Waals surface area contributed by atoms with Crippen LogP contribution < -0.4 is 15.0 Å². The van der Waals surface area contributed by atoms with E-state index in [9.17, 15) is 0 Å². The molecule has 0 amide bonds. The first-order valence-electron chi connectivity index (χ1n) is 6.38. The fourth-order valence-electron chi connectivity index (χ4n) is 2.02. The smallest absolute Gasteiger partial charge is 0.232 e. The minimum atomic E-state index is 0.250. The second-order valence-electron chi connectivity index (χ2n) is 4.26. The summed E-state index contributed by atoms with van der Waals surface area (Å²) >= 11 is 3.37. The van der Waals surface area contributed by atoms with Crippen molar-refractivity contribution in [1.82, 2.24) is 15.3 Å². The van der Waals surface area contributed by atoms with E-state index in [1.165, 1.54) is 0 Å². The molecule has 1 aliphatic rings. The maximum atomic E-state index is 5.53. The lowest BCUT2D eigenvalue weighted by molar-refractivity contribution is 0.0929. The molecule has 0 aliphatic carbocycles. The topological polar surface area (TPSA) is 59.5 Å². The van der Waals surface area contributed by atoms with E-state index in [1.54, 1.807) is 13.3 Å². The van der Waals surface area contributed by atoms with Gasteiger partial charge < -0.3 is 19.7 Å². The highest BCUT2D eigenvalue weighted by Crippen LogP contribution is 2.24. The van der Waals surface area contributed by atoms with Crippen LogP contribution in [0, 0.1) is 0 Å². The molecule has 1 aromatic rings. The first-order valence-corrected chi connectivity index (χ1v) is 7.17. The second kappa shape index (κ2) is 7.02. The van der Waals surface area contributed by atoms with Crippen LogP contribution in [0.5, 0.6) is 5.88 Å². The van der Waals surface area contributed by atoms with Crippen LogP contribution in [0.25, 0.3) is 0 Å². The Bertz CT molecular complexity index is 419. The van der Waals surface area contributed by atoms with Crippen LogP contribution >= 0.6 is 15.9 Å². The molecule has 7 heteroatoms. The molecule has 2 rings (SSSR count). The SMILES string of the molecule is CCNCC1COCCN1c1ncc(Br)c(OC)n1. The molecule has 0 radical (unpaired) electrons. The molecule has 2 heterocycles. The number of rotatable bonds is 5. The zero-order valence-electron chi connectivity index (χ0n) is 11.2. The summed E-state index contributed by atoms with van der Waals surface area (Å²) in [5, 5.41) is 3.34.